The molecule has 0 aromatic heterocycles. The van der Waals surface area contributed by atoms with Gasteiger partial charge in [0.25, 0.3) is 0 Å². The van der Waals surface area contributed by atoms with Crippen molar-refractivity contribution in [3.8, 4) is 0 Å². The molecule has 0 radical (unpaired) electrons. The minimum atomic E-state index is -0.213. The van der Waals surface area contributed by atoms with E-state index in [0.29, 0.717) is 13.1 Å². The molecule has 0 bridgehead atoms. The van der Waals surface area contributed by atoms with Gasteiger partial charge in [0, 0.05) is 31.9 Å². The van der Waals surface area contributed by atoms with Gasteiger partial charge in [0.2, 0.25) is 0 Å². The molecule has 25 heavy (non-hydrogen) atoms. The molecule has 0 saturated carbocycles. The van der Waals surface area contributed by atoms with Crippen LogP contribution >= 0.6 is 0 Å². The van der Waals surface area contributed by atoms with Crippen molar-refractivity contribution >= 4 is 11.7 Å². The minimum absolute atomic E-state index is 0.0371. The van der Waals surface area contributed by atoms with Crippen molar-refractivity contribution in [1.82, 2.24) is 10.2 Å². The fourth-order valence-electron chi connectivity index (χ4n) is 3.44. The van der Waals surface area contributed by atoms with Gasteiger partial charge in [0.05, 0.1) is 6.04 Å². The van der Waals surface area contributed by atoms with Crippen molar-refractivity contribution in [2.75, 3.05) is 31.1 Å². The molecule has 140 valence electrons. The summed E-state index contributed by atoms with van der Waals surface area (Å²) in [6.45, 7) is 9.39. The van der Waals surface area contributed by atoms with Gasteiger partial charge in [0.15, 0.2) is 0 Å². The van der Waals surface area contributed by atoms with Crippen LogP contribution in [0.25, 0.3) is 0 Å². The van der Waals surface area contributed by atoms with Gasteiger partial charge in [-0.05, 0) is 43.5 Å². The molecule has 5 heteroatoms. The zero-order valence-electron chi connectivity index (χ0n) is 15.8. The number of halogens is 1. The number of carbonyl (C=O) groups is 1. The fraction of sp³-hybridized carbons (Fsp3) is 0.650. The Labute approximate surface area is 151 Å². The maximum atomic E-state index is 13.2. The number of rotatable bonds is 7. The van der Waals surface area contributed by atoms with Gasteiger partial charge < -0.3 is 15.1 Å². The van der Waals surface area contributed by atoms with Crippen molar-refractivity contribution in [3.05, 3.63) is 30.1 Å². The third-order valence-corrected chi connectivity index (χ3v) is 4.83. The molecular formula is C20H32FN3O. The minimum Gasteiger partial charge on any atom is -0.368 e. The average molecular weight is 349 g/mol. The van der Waals surface area contributed by atoms with Gasteiger partial charge in [0.1, 0.15) is 5.82 Å². The highest BCUT2D eigenvalue weighted by atomic mass is 19.1. The Bertz CT molecular complexity index is 532. The number of carbonyl (C=O) groups excluding carboxylic acids is 1. The standard InChI is InChI=1S/C20H32FN3O/c1-4-22-20(25)24-14-13-23(18-11-9-17(21)10-12-18)15-19(24)8-6-5-7-16(2)3/h9-12,16,19H,4-8,13-15H2,1-3H3,(H,22,25). The van der Waals surface area contributed by atoms with Crippen LogP contribution < -0.4 is 10.2 Å². The Morgan fingerprint density at radius 3 is 2.60 bits per heavy atom. The van der Waals surface area contributed by atoms with Crippen molar-refractivity contribution in [1.29, 1.82) is 0 Å². The number of piperazine rings is 1. The number of hydrogen-bond acceptors (Lipinski definition) is 2. The Morgan fingerprint density at radius 2 is 1.96 bits per heavy atom. The molecule has 1 fully saturated rings. The summed E-state index contributed by atoms with van der Waals surface area (Å²) in [6.07, 6.45) is 4.58. The molecule has 1 aliphatic heterocycles. The first kappa shape index (κ1) is 19.5. The Kier molecular flexibility index (Phi) is 7.53. The maximum Gasteiger partial charge on any atom is 0.317 e. The van der Waals surface area contributed by atoms with E-state index in [-0.39, 0.29) is 17.9 Å². The van der Waals surface area contributed by atoms with E-state index in [1.807, 2.05) is 24.0 Å². The molecule has 2 rings (SSSR count). The number of nitrogens with zero attached hydrogens (tertiary/aromatic N) is 2. The smallest absolute Gasteiger partial charge is 0.317 e. The van der Waals surface area contributed by atoms with Crippen LogP contribution in [0.3, 0.4) is 0 Å². The zero-order valence-corrected chi connectivity index (χ0v) is 15.8. The quantitative estimate of drug-likeness (QED) is 0.747. The van der Waals surface area contributed by atoms with Crippen LogP contribution in [0.1, 0.15) is 46.5 Å². The molecule has 1 N–H and O–H groups in total. The van der Waals surface area contributed by atoms with Gasteiger partial charge in [-0.1, -0.05) is 33.1 Å². The van der Waals surface area contributed by atoms with E-state index in [0.717, 1.165) is 37.5 Å². The fourth-order valence-corrected chi connectivity index (χ4v) is 3.44. The lowest BCUT2D eigenvalue weighted by Crippen LogP contribution is -2.57. The molecule has 0 aliphatic carbocycles. The average Bonchev–Trinajstić information content (AvgIpc) is 2.59. The highest BCUT2D eigenvalue weighted by Crippen LogP contribution is 2.23. The van der Waals surface area contributed by atoms with Crippen LogP contribution in [0, 0.1) is 11.7 Å². The monoisotopic (exact) mass is 349 g/mol. The van der Waals surface area contributed by atoms with Crippen LogP contribution in [0.15, 0.2) is 24.3 Å². The highest BCUT2D eigenvalue weighted by Gasteiger charge is 2.30. The SMILES string of the molecule is CCNC(=O)N1CCN(c2ccc(F)cc2)CC1CCCCC(C)C. The molecule has 1 unspecified atom stereocenters. The number of nitrogens with one attached hydrogen (secondary N) is 1. The van der Waals surface area contributed by atoms with E-state index in [9.17, 15) is 9.18 Å². The lowest BCUT2D eigenvalue weighted by molar-refractivity contribution is 0.160. The van der Waals surface area contributed by atoms with Crippen LogP contribution in [0.4, 0.5) is 14.9 Å². The van der Waals surface area contributed by atoms with E-state index < -0.39 is 0 Å². The van der Waals surface area contributed by atoms with Crippen molar-refractivity contribution in [3.63, 3.8) is 0 Å². The second kappa shape index (κ2) is 9.64. The Balaban J connectivity index is 2.00. The second-order valence-corrected chi connectivity index (χ2v) is 7.28. The van der Waals surface area contributed by atoms with E-state index in [4.69, 9.17) is 0 Å². The third kappa shape index (κ3) is 5.91. The summed E-state index contributed by atoms with van der Waals surface area (Å²) in [7, 11) is 0. The van der Waals surface area contributed by atoms with Gasteiger partial charge in [-0.15, -0.1) is 0 Å². The zero-order chi connectivity index (χ0) is 18.2. The van der Waals surface area contributed by atoms with E-state index >= 15 is 0 Å². The summed E-state index contributed by atoms with van der Waals surface area (Å²) < 4.78 is 13.2. The number of hydrogen-bond donors (Lipinski definition) is 1. The van der Waals surface area contributed by atoms with Gasteiger partial charge >= 0.3 is 6.03 Å². The summed E-state index contributed by atoms with van der Waals surface area (Å²) in [4.78, 5) is 16.6. The highest BCUT2D eigenvalue weighted by molar-refractivity contribution is 5.75. The predicted molar refractivity (Wildman–Crippen MR) is 101 cm³/mol. The lowest BCUT2D eigenvalue weighted by atomic mass is 10.0. The molecule has 1 aromatic carbocycles. The van der Waals surface area contributed by atoms with Crippen LogP contribution in [-0.2, 0) is 0 Å². The summed E-state index contributed by atoms with van der Waals surface area (Å²) in [5.74, 6) is 0.511. The van der Waals surface area contributed by atoms with Gasteiger partial charge in [-0.25, -0.2) is 9.18 Å². The topological polar surface area (TPSA) is 35.6 Å². The molecular weight excluding hydrogens is 317 g/mol. The lowest BCUT2D eigenvalue weighted by Gasteiger charge is -2.42. The number of anilines is 1. The number of unbranched alkanes of at least 4 members (excludes halogenated alkanes) is 1. The summed E-state index contributed by atoms with van der Waals surface area (Å²) in [6, 6.07) is 6.90. The Morgan fingerprint density at radius 1 is 1.24 bits per heavy atom. The molecule has 1 aliphatic rings. The van der Waals surface area contributed by atoms with Crippen LogP contribution in [0.5, 0.6) is 0 Å². The van der Waals surface area contributed by atoms with E-state index in [1.165, 1.54) is 25.0 Å². The first-order valence-corrected chi connectivity index (χ1v) is 9.56. The first-order valence-electron chi connectivity index (χ1n) is 9.56. The molecule has 2 amide bonds. The Hall–Kier alpha value is -1.78. The van der Waals surface area contributed by atoms with Gasteiger partial charge in [-0.3, -0.25) is 0 Å². The second-order valence-electron chi connectivity index (χ2n) is 7.28. The molecule has 1 heterocycles. The van der Waals surface area contributed by atoms with E-state index in [1.54, 1.807) is 0 Å². The van der Waals surface area contributed by atoms with Crippen molar-refractivity contribution in [2.24, 2.45) is 5.92 Å². The molecule has 1 atom stereocenters. The maximum absolute atomic E-state index is 13.2. The number of urea groups is 1. The summed E-state index contributed by atoms with van der Waals surface area (Å²) >= 11 is 0. The van der Waals surface area contributed by atoms with Crippen LogP contribution in [0.2, 0.25) is 0 Å². The molecule has 1 aromatic rings. The largest absolute Gasteiger partial charge is 0.368 e. The van der Waals surface area contributed by atoms with Crippen LogP contribution in [-0.4, -0.2) is 43.2 Å². The molecule has 4 nitrogen and oxygen atoms in total. The van der Waals surface area contributed by atoms with E-state index in [2.05, 4.69) is 24.1 Å². The number of amides is 2. The van der Waals surface area contributed by atoms with Gasteiger partial charge in [-0.2, -0.15) is 0 Å². The molecule has 1 saturated heterocycles. The summed E-state index contributed by atoms with van der Waals surface area (Å²) in [5.41, 5.74) is 1.03. The molecule has 0 spiro atoms. The number of benzene rings is 1. The van der Waals surface area contributed by atoms with Crippen molar-refractivity contribution in [2.45, 2.75) is 52.5 Å². The predicted octanol–water partition coefficient (Wildman–Crippen LogP) is 4.26. The van der Waals surface area contributed by atoms with Crippen molar-refractivity contribution < 1.29 is 9.18 Å². The first-order chi connectivity index (χ1) is 12.0. The normalized spacial score (nSPS) is 17.9. The third-order valence-electron chi connectivity index (χ3n) is 4.83. The summed E-state index contributed by atoms with van der Waals surface area (Å²) in [5, 5.41) is 2.93.